The van der Waals surface area contributed by atoms with Crippen LogP contribution in [0.2, 0.25) is 0 Å². The molecule has 0 unspecified atom stereocenters. The summed E-state index contributed by atoms with van der Waals surface area (Å²) in [6.07, 6.45) is 2.14. The summed E-state index contributed by atoms with van der Waals surface area (Å²) in [7, 11) is 1.38. The summed E-state index contributed by atoms with van der Waals surface area (Å²) in [5.74, 6) is -0.540. The molecule has 0 aliphatic heterocycles. The first-order valence-corrected chi connectivity index (χ1v) is 9.95. The van der Waals surface area contributed by atoms with Gasteiger partial charge in [0.2, 0.25) is 0 Å². The molecular weight excluding hydrogens is 430 g/mol. The van der Waals surface area contributed by atoms with Crippen LogP contribution in [0.4, 0.5) is 5.69 Å². The van der Waals surface area contributed by atoms with Crippen molar-refractivity contribution >= 4 is 23.6 Å². The number of rotatable bonds is 10. The van der Waals surface area contributed by atoms with Crippen molar-refractivity contribution in [3.63, 3.8) is 0 Å². The number of aryl methyl sites for hydroxylation is 1. The Morgan fingerprint density at radius 1 is 1.18 bits per heavy atom. The lowest BCUT2D eigenvalue weighted by molar-refractivity contribution is -0.384. The zero-order chi connectivity index (χ0) is 24.4. The van der Waals surface area contributed by atoms with Crippen molar-refractivity contribution in [2.24, 2.45) is 0 Å². The van der Waals surface area contributed by atoms with Crippen LogP contribution in [-0.2, 0) is 9.59 Å². The van der Waals surface area contributed by atoms with Crippen molar-refractivity contribution in [3.05, 3.63) is 63.2 Å². The number of hydrogen-bond donors (Lipinski definition) is 1. The molecule has 2 aromatic rings. The highest BCUT2D eigenvalue weighted by atomic mass is 16.6. The van der Waals surface area contributed by atoms with Gasteiger partial charge in [-0.15, -0.1) is 0 Å². The Kier molecular flexibility index (Phi) is 8.94. The Balaban J connectivity index is 2.08. The Hall–Kier alpha value is -4.39. The molecule has 1 N–H and O–H groups in total. The molecule has 0 aliphatic carbocycles. The van der Waals surface area contributed by atoms with E-state index in [0.29, 0.717) is 23.4 Å². The smallest absolute Gasteiger partial charge is 0.349 e. The van der Waals surface area contributed by atoms with E-state index in [9.17, 15) is 25.0 Å². The molecule has 33 heavy (non-hydrogen) atoms. The van der Waals surface area contributed by atoms with Gasteiger partial charge in [-0.05, 0) is 48.7 Å². The molecule has 1 amide bonds. The number of esters is 1. The summed E-state index contributed by atoms with van der Waals surface area (Å²) in [6.45, 7) is 3.55. The normalized spacial score (nSPS) is 10.7. The maximum Gasteiger partial charge on any atom is 0.349 e. The molecule has 0 bridgehead atoms. The Bertz CT molecular complexity index is 1120. The summed E-state index contributed by atoms with van der Waals surface area (Å²) in [4.78, 5) is 34.5. The average Bonchev–Trinajstić information content (AvgIpc) is 2.80. The van der Waals surface area contributed by atoms with Crippen LogP contribution in [-0.4, -0.2) is 37.1 Å². The van der Waals surface area contributed by atoms with E-state index in [4.69, 9.17) is 14.2 Å². The molecule has 0 saturated carbocycles. The van der Waals surface area contributed by atoms with Gasteiger partial charge >= 0.3 is 5.97 Å². The van der Waals surface area contributed by atoms with Gasteiger partial charge in [-0.3, -0.25) is 14.9 Å². The van der Waals surface area contributed by atoms with Crippen molar-refractivity contribution in [2.45, 2.75) is 20.3 Å². The molecule has 0 saturated heterocycles. The number of methoxy groups -OCH3 is 1. The number of nitrogens with one attached hydrogen (secondary N) is 1. The van der Waals surface area contributed by atoms with Gasteiger partial charge in [0.1, 0.15) is 17.4 Å². The second-order valence-electron chi connectivity index (χ2n) is 6.81. The molecule has 0 spiro atoms. The molecule has 10 heteroatoms. The van der Waals surface area contributed by atoms with Crippen LogP contribution >= 0.6 is 0 Å². The van der Waals surface area contributed by atoms with Crippen LogP contribution in [0.15, 0.2) is 42.0 Å². The minimum absolute atomic E-state index is 0.0675. The van der Waals surface area contributed by atoms with E-state index in [1.165, 1.54) is 43.5 Å². The van der Waals surface area contributed by atoms with Crippen molar-refractivity contribution in [1.82, 2.24) is 5.32 Å². The van der Waals surface area contributed by atoms with E-state index in [1.54, 1.807) is 13.0 Å². The summed E-state index contributed by atoms with van der Waals surface area (Å²) in [6, 6.07) is 10.4. The largest absolute Gasteiger partial charge is 0.493 e. The van der Waals surface area contributed by atoms with Gasteiger partial charge in [0.25, 0.3) is 11.6 Å². The lowest BCUT2D eigenvalue weighted by Gasteiger charge is -2.12. The van der Waals surface area contributed by atoms with Gasteiger partial charge < -0.3 is 19.5 Å². The Labute approximate surface area is 190 Å². The van der Waals surface area contributed by atoms with E-state index in [1.807, 2.05) is 13.0 Å². The number of nitro benzene ring substituents is 1. The molecule has 2 aromatic carbocycles. The number of carbonyl (C=O) groups excluding carboxylic acids is 2. The van der Waals surface area contributed by atoms with Gasteiger partial charge in [-0.25, -0.2) is 4.79 Å². The van der Waals surface area contributed by atoms with E-state index < -0.39 is 23.4 Å². The van der Waals surface area contributed by atoms with Crippen LogP contribution in [0.1, 0.15) is 24.5 Å². The fourth-order valence-corrected chi connectivity index (χ4v) is 2.71. The summed E-state index contributed by atoms with van der Waals surface area (Å²) < 4.78 is 15.9. The van der Waals surface area contributed by atoms with Crippen LogP contribution in [0.5, 0.6) is 17.2 Å². The topological polar surface area (TPSA) is 141 Å². The van der Waals surface area contributed by atoms with E-state index in [0.717, 1.165) is 6.42 Å². The molecule has 172 valence electrons. The summed E-state index contributed by atoms with van der Waals surface area (Å²) in [5, 5.41) is 22.7. The van der Waals surface area contributed by atoms with Crippen LogP contribution in [0.25, 0.3) is 6.08 Å². The predicted octanol–water partition coefficient (Wildman–Crippen LogP) is 3.33. The predicted molar refractivity (Wildman–Crippen MR) is 119 cm³/mol. The minimum Gasteiger partial charge on any atom is -0.493 e. The van der Waals surface area contributed by atoms with Crippen molar-refractivity contribution in [3.8, 4) is 23.3 Å². The summed E-state index contributed by atoms with van der Waals surface area (Å²) >= 11 is 0. The van der Waals surface area contributed by atoms with E-state index >= 15 is 0 Å². The van der Waals surface area contributed by atoms with Crippen LogP contribution in [0.3, 0.4) is 0 Å². The molecule has 2 rings (SSSR count). The Morgan fingerprint density at radius 2 is 1.91 bits per heavy atom. The fourth-order valence-electron chi connectivity index (χ4n) is 2.71. The van der Waals surface area contributed by atoms with Gasteiger partial charge in [0.15, 0.2) is 18.1 Å². The lowest BCUT2D eigenvalue weighted by Crippen LogP contribution is -2.25. The zero-order valence-corrected chi connectivity index (χ0v) is 18.4. The number of nitriles is 1. The van der Waals surface area contributed by atoms with Crippen molar-refractivity contribution in [2.75, 3.05) is 20.3 Å². The first-order chi connectivity index (χ1) is 15.8. The second-order valence-corrected chi connectivity index (χ2v) is 6.81. The number of benzene rings is 2. The van der Waals surface area contributed by atoms with E-state index in [-0.39, 0.29) is 22.8 Å². The van der Waals surface area contributed by atoms with Gasteiger partial charge in [-0.1, -0.05) is 13.0 Å². The highest BCUT2D eigenvalue weighted by Gasteiger charge is 2.15. The monoisotopic (exact) mass is 453 g/mol. The average molecular weight is 453 g/mol. The first kappa shape index (κ1) is 24.9. The standard InChI is InChI=1S/C23H23N3O7/c1-4-9-25-23(28)17(13-24)11-16-5-7-20(21(12-16)31-3)33-22(27)14-32-19-8-6-18(26(29)30)10-15(19)2/h5-8,10-12H,4,9,14H2,1-3H3,(H,25,28)/b17-11+. The van der Waals surface area contributed by atoms with Gasteiger partial charge in [0, 0.05) is 18.7 Å². The Morgan fingerprint density at radius 3 is 2.52 bits per heavy atom. The number of amides is 1. The third-order valence-electron chi connectivity index (χ3n) is 4.34. The molecule has 0 atom stereocenters. The molecule has 0 aromatic heterocycles. The lowest BCUT2D eigenvalue weighted by atomic mass is 10.1. The fraction of sp³-hybridized carbons (Fsp3) is 0.261. The zero-order valence-electron chi connectivity index (χ0n) is 18.4. The number of non-ortho nitro benzene ring substituents is 1. The van der Waals surface area contributed by atoms with E-state index in [2.05, 4.69) is 5.32 Å². The molecule has 0 fully saturated rings. The molecule has 0 aliphatic rings. The summed E-state index contributed by atoms with van der Waals surface area (Å²) in [5.41, 5.74) is 0.861. The van der Waals surface area contributed by atoms with Crippen molar-refractivity contribution in [1.29, 1.82) is 5.26 Å². The van der Waals surface area contributed by atoms with Crippen molar-refractivity contribution < 1.29 is 28.7 Å². The highest BCUT2D eigenvalue weighted by Crippen LogP contribution is 2.29. The maximum absolute atomic E-state index is 12.2. The van der Waals surface area contributed by atoms with Crippen LogP contribution < -0.4 is 19.5 Å². The third-order valence-corrected chi connectivity index (χ3v) is 4.34. The molecule has 0 heterocycles. The number of ether oxygens (including phenoxy) is 3. The molecule has 10 nitrogen and oxygen atoms in total. The quantitative estimate of drug-likeness (QED) is 0.144. The maximum atomic E-state index is 12.2. The number of nitro groups is 1. The number of carbonyl (C=O) groups is 2. The van der Waals surface area contributed by atoms with Gasteiger partial charge in [0.05, 0.1) is 12.0 Å². The third kappa shape index (κ3) is 7.07. The van der Waals surface area contributed by atoms with Crippen LogP contribution in [0, 0.1) is 28.4 Å². The number of hydrogen-bond acceptors (Lipinski definition) is 8. The highest BCUT2D eigenvalue weighted by molar-refractivity contribution is 6.01. The first-order valence-electron chi connectivity index (χ1n) is 9.95. The second kappa shape index (κ2) is 11.9. The minimum atomic E-state index is -0.717. The van der Waals surface area contributed by atoms with Gasteiger partial charge in [-0.2, -0.15) is 5.26 Å². The number of nitrogens with zero attached hydrogens (tertiary/aromatic N) is 2. The SMILES string of the molecule is CCCNC(=O)/C(C#N)=C/c1ccc(OC(=O)COc2ccc([N+](=O)[O-])cc2C)c(OC)c1. The molecule has 0 radical (unpaired) electrons. The molecular formula is C23H23N3O7.